The van der Waals surface area contributed by atoms with Gasteiger partial charge < -0.3 is 49.6 Å². The summed E-state index contributed by atoms with van der Waals surface area (Å²) in [6.45, 7) is 0.543. The third-order valence-electron chi connectivity index (χ3n) is 6.60. The Kier molecular flexibility index (Phi) is 18.7. The van der Waals surface area contributed by atoms with E-state index < -0.39 is 36.6 Å². The molecule has 0 fully saturated rings. The standard InChI is InChI=1S/C31H48O10/c32-13-11-30(40-22-38-20-24-7-3-1-4-8-24)18-28(36)16-26(34)15-27(35)17-29(37)19-31(12-14-33)41-23-39-21-25-9-5-2-6-10-25/h1-10,26-37H,11-23H2/t26-,27+,28-,29+,30+,31-. The van der Waals surface area contributed by atoms with Gasteiger partial charge in [0.25, 0.3) is 0 Å². The van der Waals surface area contributed by atoms with Crippen molar-refractivity contribution in [2.24, 2.45) is 0 Å². The van der Waals surface area contributed by atoms with Crippen LogP contribution in [0, 0.1) is 0 Å². The highest BCUT2D eigenvalue weighted by Gasteiger charge is 2.23. The van der Waals surface area contributed by atoms with Crippen LogP contribution in [-0.2, 0) is 32.2 Å². The monoisotopic (exact) mass is 580 g/mol. The lowest BCUT2D eigenvalue weighted by atomic mass is 9.96. The number of benzene rings is 2. The molecule has 0 amide bonds. The topological polar surface area (TPSA) is 158 Å². The molecule has 0 unspecified atom stereocenters. The molecule has 0 radical (unpaired) electrons. The molecule has 10 heteroatoms. The lowest BCUT2D eigenvalue weighted by Crippen LogP contribution is -2.30. The smallest absolute Gasteiger partial charge is 0.147 e. The number of aliphatic hydroxyl groups is 6. The minimum atomic E-state index is -0.993. The van der Waals surface area contributed by atoms with Crippen molar-refractivity contribution in [3.63, 3.8) is 0 Å². The summed E-state index contributed by atoms with van der Waals surface area (Å²) < 4.78 is 22.4. The Bertz CT molecular complexity index is 800. The van der Waals surface area contributed by atoms with Crippen molar-refractivity contribution in [1.29, 1.82) is 0 Å². The van der Waals surface area contributed by atoms with E-state index in [0.717, 1.165) is 11.1 Å². The highest BCUT2D eigenvalue weighted by atomic mass is 16.7. The quantitative estimate of drug-likeness (QED) is 0.0804. The van der Waals surface area contributed by atoms with Crippen molar-refractivity contribution in [3.8, 4) is 0 Å². The summed E-state index contributed by atoms with van der Waals surface area (Å²) in [5.41, 5.74) is 2.01. The molecule has 0 saturated carbocycles. The summed E-state index contributed by atoms with van der Waals surface area (Å²) in [6, 6.07) is 19.3. The zero-order valence-electron chi connectivity index (χ0n) is 23.7. The highest BCUT2D eigenvalue weighted by molar-refractivity contribution is 5.14. The molecule has 0 bridgehead atoms. The first-order chi connectivity index (χ1) is 19.9. The fourth-order valence-electron chi connectivity index (χ4n) is 4.52. The molecular weight excluding hydrogens is 532 g/mol. The molecule has 41 heavy (non-hydrogen) atoms. The van der Waals surface area contributed by atoms with Gasteiger partial charge in [0, 0.05) is 13.2 Å². The van der Waals surface area contributed by atoms with Gasteiger partial charge in [0.1, 0.15) is 13.6 Å². The van der Waals surface area contributed by atoms with E-state index in [-0.39, 0.29) is 58.9 Å². The van der Waals surface area contributed by atoms with Crippen molar-refractivity contribution < 1.29 is 49.6 Å². The molecule has 0 aliphatic rings. The zero-order valence-corrected chi connectivity index (χ0v) is 23.7. The van der Waals surface area contributed by atoms with Gasteiger partial charge in [-0.05, 0) is 56.1 Å². The molecule has 232 valence electrons. The van der Waals surface area contributed by atoms with Crippen LogP contribution in [0.3, 0.4) is 0 Å². The maximum Gasteiger partial charge on any atom is 0.147 e. The Morgan fingerprint density at radius 1 is 0.488 bits per heavy atom. The number of hydrogen-bond donors (Lipinski definition) is 6. The van der Waals surface area contributed by atoms with E-state index in [1.54, 1.807) is 0 Å². The first-order valence-electron chi connectivity index (χ1n) is 14.3. The third-order valence-corrected chi connectivity index (χ3v) is 6.60. The highest BCUT2D eigenvalue weighted by Crippen LogP contribution is 2.18. The predicted octanol–water partition coefficient (Wildman–Crippen LogP) is 2.26. The van der Waals surface area contributed by atoms with Crippen LogP contribution in [-0.4, -0.2) is 94.1 Å². The Morgan fingerprint density at radius 2 is 0.829 bits per heavy atom. The van der Waals surface area contributed by atoms with Crippen molar-refractivity contribution in [2.75, 3.05) is 26.8 Å². The molecule has 2 rings (SSSR count). The minimum Gasteiger partial charge on any atom is -0.396 e. The van der Waals surface area contributed by atoms with Gasteiger partial charge in [-0.25, -0.2) is 0 Å². The number of aliphatic hydroxyl groups excluding tert-OH is 6. The van der Waals surface area contributed by atoms with Crippen LogP contribution < -0.4 is 0 Å². The molecule has 0 aliphatic heterocycles. The van der Waals surface area contributed by atoms with E-state index in [2.05, 4.69) is 0 Å². The molecule has 6 N–H and O–H groups in total. The van der Waals surface area contributed by atoms with E-state index in [4.69, 9.17) is 18.9 Å². The molecule has 10 nitrogen and oxygen atoms in total. The SMILES string of the molecule is OCC[C@H](C[C@@H](O)C[C@@H](O)C[C@@H](O)C[C@@H](O)C[C@H](CCO)OCOCc1ccccc1)OCOCc1ccccc1. The van der Waals surface area contributed by atoms with Gasteiger partial charge in [-0.1, -0.05) is 60.7 Å². The van der Waals surface area contributed by atoms with Crippen LogP contribution >= 0.6 is 0 Å². The van der Waals surface area contributed by atoms with Crippen molar-refractivity contribution in [3.05, 3.63) is 71.8 Å². The summed E-state index contributed by atoms with van der Waals surface area (Å²) in [7, 11) is 0. The molecule has 0 spiro atoms. The maximum absolute atomic E-state index is 10.5. The summed E-state index contributed by atoms with van der Waals surface area (Å²) in [5.74, 6) is 0. The first-order valence-corrected chi connectivity index (χ1v) is 14.3. The second kappa shape index (κ2) is 21.7. The zero-order chi connectivity index (χ0) is 29.7. The van der Waals surface area contributed by atoms with Gasteiger partial charge in [0.05, 0.1) is 49.8 Å². The van der Waals surface area contributed by atoms with E-state index in [0.29, 0.717) is 26.1 Å². The molecular formula is C31H48O10. The van der Waals surface area contributed by atoms with Crippen molar-refractivity contribution in [2.45, 2.75) is 94.8 Å². The second-order valence-electron chi connectivity index (χ2n) is 10.3. The average Bonchev–Trinajstić information content (AvgIpc) is 2.94. The molecule has 0 aliphatic carbocycles. The van der Waals surface area contributed by atoms with Crippen LogP contribution in [0.25, 0.3) is 0 Å². The molecule has 0 aromatic heterocycles. The lowest BCUT2D eigenvalue weighted by Gasteiger charge is -2.24. The van der Waals surface area contributed by atoms with E-state index >= 15 is 0 Å². The van der Waals surface area contributed by atoms with Crippen LogP contribution in [0.15, 0.2) is 60.7 Å². The minimum absolute atomic E-state index is 0.00553. The summed E-state index contributed by atoms with van der Waals surface area (Å²) >= 11 is 0. The Morgan fingerprint density at radius 3 is 1.17 bits per heavy atom. The van der Waals surface area contributed by atoms with Crippen LogP contribution in [0.1, 0.15) is 56.1 Å². The van der Waals surface area contributed by atoms with Gasteiger partial charge in [0.15, 0.2) is 0 Å². The predicted molar refractivity (Wildman–Crippen MR) is 152 cm³/mol. The average molecular weight is 581 g/mol. The molecule has 0 saturated heterocycles. The van der Waals surface area contributed by atoms with Gasteiger partial charge >= 0.3 is 0 Å². The van der Waals surface area contributed by atoms with Gasteiger partial charge in [-0.2, -0.15) is 0 Å². The second-order valence-corrected chi connectivity index (χ2v) is 10.3. The van der Waals surface area contributed by atoms with E-state index in [1.165, 1.54) is 0 Å². The fraction of sp³-hybridized carbons (Fsp3) is 0.613. The van der Waals surface area contributed by atoms with Crippen LogP contribution in [0.2, 0.25) is 0 Å². The Hall–Kier alpha value is -1.96. The van der Waals surface area contributed by atoms with Gasteiger partial charge in [-0.3, -0.25) is 0 Å². The molecule has 2 aromatic rings. The maximum atomic E-state index is 10.5. The summed E-state index contributed by atoms with van der Waals surface area (Å²) in [5, 5.41) is 60.4. The Balaban J connectivity index is 1.64. The fourth-order valence-corrected chi connectivity index (χ4v) is 4.52. The van der Waals surface area contributed by atoms with Crippen molar-refractivity contribution >= 4 is 0 Å². The molecule has 6 atom stereocenters. The summed E-state index contributed by atoms with van der Waals surface area (Å²) in [4.78, 5) is 0. The summed E-state index contributed by atoms with van der Waals surface area (Å²) in [6.07, 6.45) is -3.71. The third kappa shape index (κ3) is 16.9. The van der Waals surface area contributed by atoms with E-state index in [1.807, 2.05) is 60.7 Å². The number of ether oxygens (including phenoxy) is 4. The first kappa shape index (κ1) is 35.2. The lowest BCUT2D eigenvalue weighted by molar-refractivity contribution is -0.113. The van der Waals surface area contributed by atoms with Crippen LogP contribution in [0.5, 0.6) is 0 Å². The number of hydrogen-bond acceptors (Lipinski definition) is 10. The van der Waals surface area contributed by atoms with E-state index in [9.17, 15) is 30.6 Å². The van der Waals surface area contributed by atoms with Crippen molar-refractivity contribution in [1.82, 2.24) is 0 Å². The van der Waals surface area contributed by atoms with Gasteiger partial charge in [0.2, 0.25) is 0 Å². The molecule has 2 aromatic carbocycles. The van der Waals surface area contributed by atoms with Crippen LogP contribution in [0.4, 0.5) is 0 Å². The van der Waals surface area contributed by atoms with Gasteiger partial charge in [-0.15, -0.1) is 0 Å². The largest absolute Gasteiger partial charge is 0.396 e. The normalized spacial score (nSPS) is 16.1. The number of rotatable bonds is 24. The molecule has 0 heterocycles. The Labute approximate surface area is 243 Å².